The Labute approximate surface area is 109 Å². The fourth-order valence-corrected chi connectivity index (χ4v) is 2.75. The molecule has 0 spiro atoms. The molecule has 1 atom stereocenters. The van der Waals surface area contributed by atoms with Crippen LogP contribution in [0.1, 0.15) is 36.7 Å². The molecule has 18 heavy (non-hydrogen) atoms. The van der Waals surface area contributed by atoms with Crippen LogP contribution in [0.5, 0.6) is 0 Å². The van der Waals surface area contributed by atoms with E-state index in [-0.39, 0.29) is 0 Å². The van der Waals surface area contributed by atoms with Gasteiger partial charge in [-0.1, -0.05) is 43.4 Å². The molecule has 0 amide bonds. The summed E-state index contributed by atoms with van der Waals surface area (Å²) in [7, 11) is 0. The smallest absolute Gasteiger partial charge is 0.0702 e. The zero-order chi connectivity index (χ0) is 12.4. The molecule has 0 aliphatic heterocycles. The van der Waals surface area contributed by atoms with E-state index in [1.165, 1.54) is 23.3 Å². The van der Waals surface area contributed by atoms with Gasteiger partial charge in [0, 0.05) is 5.69 Å². The summed E-state index contributed by atoms with van der Waals surface area (Å²) in [6, 6.07) is 4.45. The van der Waals surface area contributed by atoms with E-state index in [2.05, 4.69) is 49.4 Å². The summed E-state index contributed by atoms with van der Waals surface area (Å²) in [5.74, 6) is 0.757. The zero-order valence-electron chi connectivity index (χ0n) is 10.9. The highest BCUT2D eigenvalue weighted by Crippen LogP contribution is 2.27. The van der Waals surface area contributed by atoms with Gasteiger partial charge in [0.05, 0.1) is 5.69 Å². The van der Waals surface area contributed by atoms with E-state index in [1.807, 2.05) is 0 Å². The van der Waals surface area contributed by atoms with Crippen molar-refractivity contribution in [3.05, 3.63) is 59.5 Å². The van der Waals surface area contributed by atoms with Gasteiger partial charge in [-0.15, -0.1) is 0 Å². The maximum atomic E-state index is 4.86. The second kappa shape index (κ2) is 4.93. The van der Waals surface area contributed by atoms with Crippen LogP contribution in [-0.2, 0) is 12.8 Å². The standard InChI is InChI=1S/C17H19N/c1-13-11-15-9-10-16(18-17(15)12-13)14-7-5-3-2-4-6-8-14/h2-3,6-10,13H,4-5,11-12H2,1H3/b3-2-,8-6?,14-7+. The fraction of sp³-hybridized carbons (Fsp3) is 0.353. The number of aromatic nitrogens is 1. The Hall–Kier alpha value is -1.63. The first-order chi connectivity index (χ1) is 8.83. The minimum atomic E-state index is 0.757. The molecule has 2 aliphatic carbocycles. The largest absolute Gasteiger partial charge is 0.253 e. The van der Waals surface area contributed by atoms with Gasteiger partial charge in [0.15, 0.2) is 0 Å². The molecular formula is C17H19N. The predicted octanol–water partition coefficient (Wildman–Crippen LogP) is 4.11. The Morgan fingerprint density at radius 1 is 1.06 bits per heavy atom. The van der Waals surface area contributed by atoms with Crippen LogP contribution in [0.4, 0.5) is 0 Å². The lowest BCUT2D eigenvalue weighted by Crippen LogP contribution is -1.95. The molecule has 1 aromatic heterocycles. The third-order valence-electron chi connectivity index (χ3n) is 3.68. The van der Waals surface area contributed by atoms with Crippen LogP contribution in [0.3, 0.4) is 0 Å². The maximum Gasteiger partial charge on any atom is 0.0702 e. The van der Waals surface area contributed by atoms with Crippen LogP contribution in [0.2, 0.25) is 0 Å². The van der Waals surface area contributed by atoms with E-state index >= 15 is 0 Å². The number of hydrogen-bond donors (Lipinski definition) is 0. The highest BCUT2D eigenvalue weighted by molar-refractivity contribution is 5.72. The van der Waals surface area contributed by atoms with Crippen LogP contribution in [0.25, 0.3) is 5.57 Å². The second-order valence-electron chi connectivity index (χ2n) is 5.32. The van der Waals surface area contributed by atoms with Crippen molar-refractivity contribution in [1.82, 2.24) is 4.98 Å². The molecule has 0 N–H and O–H groups in total. The van der Waals surface area contributed by atoms with Gasteiger partial charge in [-0.25, -0.2) is 0 Å². The molecule has 2 aliphatic rings. The predicted molar refractivity (Wildman–Crippen MR) is 76.3 cm³/mol. The number of fused-ring (bicyclic) bond motifs is 1. The normalized spacial score (nSPS) is 26.9. The van der Waals surface area contributed by atoms with Crippen LogP contribution >= 0.6 is 0 Å². The van der Waals surface area contributed by atoms with Crippen molar-refractivity contribution in [1.29, 1.82) is 0 Å². The van der Waals surface area contributed by atoms with E-state index in [0.29, 0.717) is 0 Å². The Bertz CT molecular complexity index is 535. The fourth-order valence-electron chi connectivity index (χ4n) is 2.75. The molecule has 1 nitrogen and oxygen atoms in total. The number of allylic oxidation sites excluding steroid dienone is 6. The third-order valence-corrected chi connectivity index (χ3v) is 3.68. The summed E-state index contributed by atoms with van der Waals surface area (Å²) in [5, 5.41) is 0. The van der Waals surface area contributed by atoms with E-state index in [1.54, 1.807) is 0 Å². The third kappa shape index (κ3) is 2.31. The SMILES string of the molecule is CC1Cc2ccc(/C3=C/C/C=C\CC=C3)nc2C1. The Balaban J connectivity index is 1.93. The van der Waals surface area contributed by atoms with Crippen molar-refractivity contribution in [3.63, 3.8) is 0 Å². The van der Waals surface area contributed by atoms with Gasteiger partial charge < -0.3 is 0 Å². The highest BCUT2D eigenvalue weighted by Gasteiger charge is 2.19. The van der Waals surface area contributed by atoms with Gasteiger partial charge in [-0.2, -0.15) is 0 Å². The summed E-state index contributed by atoms with van der Waals surface area (Å²) in [4.78, 5) is 4.86. The monoisotopic (exact) mass is 237 g/mol. The highest BCUT2D eigenvalue weighted by atomic mass is 14.7. The van der Waals surface area contributed by atoms with Crippen molar-refractivity contribution in [3.8, 4) is 0 Å². The molecule has 3 rings (SSSR count). The molecule has 1 heterocycles. The van der Waals surface area contributed by atoms with E-state index in [0.717, 1.165) is 30.9 Å². The maximum absolute atomic E-state index is 4.86. The van der Waals surface area contributed by atoms with Crippen molar-refractivity contribution in [2.45, 2.75) is 32.6 Å². The zero-order valence-corrected chi connectivity index (χ0v) is 10.9. The lowest BCUT2D eigenvalue weighted by molar-refractivity contribution is 0.623. The summed E-state index contributed by atoms with van der Waals surface area (Å²) in [5.41, 5.74) is 5.16. The first-order valence-electron chi connectivity index (χ1n) is 6.84. The number of nitrogens with zero attached hydrogens (tertiary/aromatic N) is 1. The average molecular weight is 237 g/mol. The summed E-state index contributed by atoms with van der Waals surface area (Å²) in [6.45, 7) is 2.31. The molecule has 0 saturated heterocycles. The van der Waals surface area contributed by atoms with Crippen molar-refractivity contribution in [2.24, 2.45) is 5.92 Å². The Morgan fingerprint density at radius 2 is 1.94 bits per heavy atom. The summed E-state index contributed by atoms with van der Waals surface area (Å²) in [6.07, 6.45) is 15.5. The molecule has 1 unspecified atom stereocenters. The molecule has 0 fully saturated rings. The first kappa shape index (κ1) is 11.5. The number of hydrogen-bond acceptors (Lipinski definition) is 1. The minimum Gasteiger partial charge on any atom is -0.253 e. The van der Waals surface area contributed by atoms with Gasteiger partial charge in [-0.05, 0) is 48.8 Å². The lowest BCUT2D eigenvalue weighted by atomic mass is 10.1. The minimum absolute atomic E-state index is 0.757. The van der Waals surface area contributed by atoms with E-state index in [9.17, 15) is 0 Å². The van der Waals surface area contributed by atoms with E-state index < -0.39 is 0 Å². The van der Waals surface area contributed by atoms with Crippen molar-refractivity contribution >= 4 is 5.57 Å². The molecule has 0 bridgehead atoms. The molecule has 0 saturated carbocycles. The van der Waals surface area contributed by atoms with Gasteiger partial charge in [0.2, 0.25) is 0 Å². The quantitative estimate of drug-likeness (QED) is 0.670. The van der Waals surface area contributed by atoms with Crippen LogP contribution in [-0.4, -0.2) is 4.98 Å². The molecule has 1 aromatic rings. The molecular weight excluding hydrogens is 218 g/mol. The number of pyridine rings is 1. The summed E-state index contributed by atoms with van der Waals surface area (Å²) >= 11 is 0. The van der Waals surface area contributed by atoms with Gasteiger partial charge >= 0.3 is 0 Å². The molecule has 0 aromatic carbocycles. The van der Waals surface area contributed by atoms with Gasteiger partial charge in [0.25, 0.3) is 0 Å². The summed E-state index contributed by atoms with van der Waals surface area (Å²) < 4.78 is 0. The van der Waals surface area contributed by atoms with Crippen molar-refractivity contribution < 1.29 is 0 Å². The van der Waals surface area contributed by atoms with Gasteiger partial charge in [-0.3, -0.25) is 4.98 Å². The second-order valence-corrected chi connectivity index (χ2v) is 5.32. The van der Waals surface area contributed by atoms with Crippen LogP contribution in [0.15, 0.2) is 42.5 Å². The molecule has 92 valence electrons. The first-order valence-corrected chi connectivity index (χ1v) is 6.84. The molecule has 0 radical (unpaired) electrons. The lowest BCUT2D eigenvalue weighted by Gasteiger charge is -2.06. The molecule has 1 heteroatoms. The van der Waals surface area contributed by atoms with Gasteiger partial charge in [0.1, 0.15) is 0 Å². The van der Waals surface area contributed by atoms with E-state index in [4.69, 9.17) is 4.98 Å². The topological polar surface area (TPSA) is 12.9 Å². The Morgan fingerprint density at radius 3 is 2.89 bits per heavy atom. The van der Waals surface area contributed by atoms with Crippen LogP contribution in [0, 0.1) is 5.92 Å². The van der Waals surface area contributed by atoms with Crippen molar-refractivity contribution in [2.75, 3.05) is 0 Å². The Kier molecular flexibility index (Phi) is 3.14. The van der Waals surface area contributed by atoms with Crippen LogP contribution < -0.4 is 0 Å². The average Bonchev–Trinajstić information content (AvgIpc) is 2.67. The number of rotatable bonds is 1.